The molecule has 1 rings (SSSR count). The Hall–Kier alpha value is -0.250. The lowest BCUT2D eigenvalue weighted by Crippen LogP contribution is -2.20. The first kappa shape index (κ1) is 13.8. The second-order valence-corrected chi connectivity index (χ2v) is 5.09. The fourth-order valence-electron chi connectivity index (χ4n) is 1.43. The highest BCUT2D eigenvalue weighted by atomic mass is 35.5. The van der Waals surface area contributed by atoms with E-state index in [1.807, 2.05) is 24.8 Å². The number of nitrogens with one attached hydrogen (secondary N) is 1. The van der Waals surface area contributed by atoms with Gasteiger partial charge in [0.25, 0.3) is 0 Å². The first-order valence-corrected chi connectivity index (χ1v) is 7.09. The van der Waals surface area contributed by atoms with Gasteiger partial charge >= 0.3 is 0 Å². The smallest absolute Gasteiger partial charge is 0.142 e. The summed E-state index contributed by atoms with van der Waals surface area (Å²) in [6.07, 6.45) is 3.22. The summed E-state index contributed by atoms with van der Waals surface area (Å²) in [7, 11) is 0. The second kappa shape index (κ2) is 7.15. The summed E-state index contributed by atoms with van der Waals surface area (Å²) in [6, 6.07) is 5.12. The van der Waals surface area contributed by atoms with Gasteiger partial charge in [0.2, 0.25) is 0 Å². The molecule has 0 aliphatic rings. The van der Waals surface area contributed by atoms with E-state index >= 15 is 0 Å². The maximum atomic E-state index is 13.2. The van der Waals surface area contributed by atoms with Crippen molar-refractivity contribution in [3.05, 3.63) is 34.6 Å². The molecule has 0 saturated heterocycles. The van der Waals surface area contributed by atoms with E-state index in [9.17, 15) is 4.39 Å². The minimum absolute atomic E-state index is 0.161. The lowest BCUT2D eigenvalue weighted by atomic mass is 10.1. The Kier molecular flexibility index (Phi) is 6.17. The van der Waals surface area contributed by atoms with Crippen LogP contribution in [0.3, 0.4) is 0 Å². The molecule has 1 aromatic carbocycles. The molecule has 0 amide bonds. The molecule has 4 heteroatoms. The van der Waals surface area contributed by atoms with Crippen LogP contribution in [-0.2, 0) is 0 Å². The fraction of sp³-hybridized carbons (Fsp3) is 0.500. The van der Waals surface area contributed by atoms with E-state index in [0.29, 0.717) is 0 Å². The summed E-state index contributed by atoms with van der Waals surface area (Å²) in [6.45, 7) is 2.98. The summed E-state index contributed by atoms with van der Waals surface area (Å²) in [5.41, 5.74) is 0.936. The van der Waals surface area contributed by atoms with Gasteiger partial charge in [0.05, 0.1) is 5.02 Å². The van der Waals surface area contributed by atoms with E-state index in [2.05, 4.69) is 11.6 Å². The molecule has 90 valence electrons. The van der Waals surface area contributed by atoms with Crippen LogP contribution >= 0.6 is 23.4 Å². The molecule has 0 spiro atoms. The van der Waals surface area contributed by atoms with E-state index in [-0.39, 0.29) is 16.9 Å². The molecule has 0 bridgehead atoms. The molecule has 0 fully saturated rings. The highest BCUT2D eigenvalue weighted by Crippen LogP contribution is 2.19. The van der Waals surface area contributed by atoms with Gasteiger partial charge in [-0.25, -0.2) is 4.39 Å². The Labute approximate surface area is 106 Å². The van der Waals surface area contributed by atoms with Crippen molar-refractivity contribution in [2.24, 2.45) is 0 Å². The summed E-state index contributed by atoms with van der Waals surface area (Å²) < 4.78 is 13.2. The van der Waals surface area contributed by atoms with Crippen LogP contribution in [0.1, 0.15) is 24.9 Å². The fourth-order valence-corrected chi connectivity index (χ4v) is 1.99. The quantitative estimate of drug-likeness (QED) is 0.780. The van der Waals surface area contributed by atoms with Gasteiger partial charge in [-0.2, -0.15) is 11.8 Å². The van der Waals surface area contributed by atoms with Crippen LogP contribution in [0, 0.1) is 5.82 Å². The van der Waals surface area contributed by atoms with Gasteiger partial charge in [0, 0.05) is 6.04 Å². The molecule has 0 aromatic heterocycles. The zero-order chi connectivity index (χ0) is 12.0. The predicted molar refractivity (Wildman–Crippen MR) is 70.8 cm³/mol. The van der Waals surface area contributed by atoms with Crippen LogP contribution in [-0.4, -0.2) is 18.6 Å². The first-order chi connectivity index (χ1) is 7.65. The maximum Gasteiger partial charge on any atom is 0.142 e. The monoisotopic (exact) mass is 261 g/mol. The third-order valence-electron chi connectivity index (χ3n) is 2.42. The van der Waals surface area contributed by atoms with Gasteiger partial charge in [-0.15, -0.1) is 0 Å². The third-order valence-corrected chi connectivity index (χ3v) is 3.42. The van der Waals surface area contributed by atoms with Crippen molar-refractivity contribution < 1.29 is 4.39 Å². The molecule has 1 unspecified atom stereocenters. The Morgan fingerprint density at radius 3 is 2.88 bits per heavy atom. The van der Waals surface area contributed by atoms with Crippen molar-refractivity contribution in [1.29, 1.82) is 0 Å². The van der Waals surface area contributed by atoms with E-state index in [1.165, 1.54) is 6.07 Å². The molecule has 1 N–H and O–H groups in total. The van der Waals surface area contributed by atoms with Gasteiger partial charge in [0.1, 0.15) is 5.82 Å². The largest absolute Gasteiger partial charge is 0.310 e. The highest BCUT2D eigenvalue weighted by Gasteiger charge is 2.07. The highest BCUT2D eigenvalue weighted by molar-refractivity contribution is 7.98. The molecule has 0 aliphatic heterocycles. The summed E-state index contributed by atoms with van der Waals surface area (Å²) in [4.78, 5) is 0. The van der Waals surface area contributed by atoms with Crippen molar-refractivity contribution in [3.63, 3.8) is 0 Å². The van der Waals surface area contributed by atoms with Gasteiger partial charge in [-0.05, 0) is 49.6 Å². The average molecular weight is 262 g/mol. The molecule has 1 aromatic rings. The van der Waals surface area contributed by atoms with Crippen LogP contribution in [0.15, 0.2) is 18.2 Å². The molecule has 0 heterocycles. The molecular weight excluding hydrogens is 245 g/mol. The average Bonchev–Trinajstić information content (AvgIpc) is 2.28. The summed E-state index contributed by atoms with van der Waals surface area (Å²) in [5.74, 6) is 0.797. The normalized spacial score (nSPS) is 12.8. The van der Waals surface area contributed by atoms with Gasteiger partial charge in [0.15, 0.2) is 0 Å². The SMILES string of the molecule is CSCCCNC(C)c1ccc(Cl)c(F)c1. The van der Waals surface area contributed by atoms with Gasteiger partial charge in [-0.3, -0.25) is 0 Å². The minimum Gasteiger partial charge on any atom is -0.310 e. The van der Waals surface area contributed by atoms with Crippen LogP contribution in [0.25, 0.3) is 0 Å². The van der Waals surface area contributed by atoms with E-state index in [1.54, 1.807) is 6.07 Å². The Bertz CT molecular complexity index is 333. The van der Waals surface area contributed by atoms with Crippen molar-refractivity contribution >= 4 is 23.4 Å². The van der Waals surface area contributed by atoms with E-state index in [0.717, 1.165) is 24.3 Å². The van der Waals surface area contributed by atoms with Crippen molar-refractivity contribution in [3.8, 4) is 0 Å². The molecule has 0 saturated carbocycles. The minimum atomic E-state index is -0.350. The molecule has 1 nitrogen and oxygen atoms in total. The number of thioether (sulfide) groups is 1. The predicted octanol–water partition coefficient (Wildman–Crippen LogP) is 3.88. The Balaban J connectivity index is 2.46. The molecule has 16 heavy (non-hydrogen) atoms. The second-order valence-electron chi connectivity index (χ2n) is 3.70. The summed E-state index contributed by atoms with van der Waals surface area (Å²) in [5, 5.41) is 3.54. The van der Waals surface area contributed by atoms with E-state index in [4.69, 9.17) is 11.6 Å². The van der Waals surface area contributed by atoms with Crippen LogP contribution in [0.2, 0.25) is 5.02 Å². The number of halogens is 2. The molecule has 0 radical (unpaired) electrons. The van der Waals surface area contributed by atoms with Crippen molar-refractivity contribution in [1.82, 2.24) is 5.32 Å². The lowest BCUT2D eigenvalue weighted by Gasteiger charge is -2.14. The number of hydrogen-bond donors (Lipinski definition) is 1. The number of hydrogen-bond acceptors (Lipinski definition) is 2. The molecule has 0 aliphatic carbocycles. The lowest BCUT2D eigenvalue weighted by molar-refractivity contribution is 0.564. The zero-order valence-corrected chi connectivity index (χ0v) is 11.2. The van der Waals surface area contributed by atoms with Crippen LogP contribution in [0.4, 0.5) is 4.39 Å². The Morgan fingerprint density at radius 1 is 1.50 bits per heavy atom. The number of rotatable bonds is 6. The van der Waals surface area contributed by atoms with Crippen molar-refractivity contribution in [2.45, 2.75) is 19.4 Å². The third kappa shape index (κ3) is 4.32. The van der Waals surface area contributed by atoms with Crippen LogP contribution < -0.4 is 5.32 Å². The molecular formula is C12H17ClFNS. The number of benzene rings is 1. The topological polar surface area (TPSA) is 12.0 Å². The Morgan fingerprint density at radius 2 is 2.25 bits per heavy atom. The van der Waals surface area contributed by atoms with E-state index < -0.39 is 0 Å². The standard InChI is InChI=1S/C12H17ClFNS/c1-9(15-6-3-7-16-2)10-4-5-11(13)12(14)8-10/h4-5,8-9,15H,3,6-7H2,1-2H3. The van der Waals surface area contributed by atoms with Gasteiger partial charge < -0.3 is 5.32 Å². The van der Waals surface area contributed by atoms with Gasteiger partial charge in [-0.1, -0.05) is 17.7 Å². The zero-order valence-electron chi connectivity index (χ0n) is 9.59. The maximum absolute atomic E-state index is 13.2. The van der Waals surface area contributed by atoms with Crippen LogP contribution in [0.5, 0.6) is 0 Å². The molecule has 1 atom stereocenters. The summed E-state index contributed by atoms with van der Waals surface area (Å²) >= 11 is 7.47. The first-order valence-electron chi connectivity index (χ1n) is 5.32. The van der Waals surface area contributed by atoms with Crippen molar-refractivity contribution in [2.75, 3.05) is 18.6 Å².